The number of alkyl halides is 3. The van der Waals surface area contributed by atoms with E-state index in [0.717, 1.165) is 19.6 Å². The maximum Gasteiger partial charge on any atom is 0.401 e. The van der Waals surface area contributed by atoms with E-state index in [1.807, 2.05) is 6.92 Å². The molecule has 0 bridgehead atoms. The molecule has 1 saturated heterocycles. The Hall–Kier alpha value is -1.96. The molecule has 0 aromatic heterocycles. The fourth-order valence-corrected chi connectivity index (χ4v) is 3.49. The highest BCUT2D eigenvalue weighted by atomic mass is 19.4. The number of nitrogens with zero attached hydrogens (tertiary/aromatic N) is 3. The van der Waals surface area contributed by atoms with E-state index < -0.39 is 12.7 Å². The molecule has 1 atom stereocenters. The predicted octanol–water partition coefficient (Wildman–Crippen LogP) is 3.79. The fraction of sp³-hybridized carbons (Fsp3) is 0.667. The molecule has 2 N–H and O–H groups in total. The predicted molar refractivity (Wildman–Crippen MR) is 114 cm³/mol. The number of benzene rings is 1. The molecule has 0 amide bonds. The first-order valence-electron chi connectivity index (χ1n) is 10.4. The first-order chi connectivity index (χ1) is 13.8. The minimum absolute atomic E-state index is 0.0725. The molecule has 0 saturated carbocycles. The summed E-state index contributed by atoms with van der Waals surface area (Å²) in [5.41, 5.74) is 2.44. The Morgan fingerprint density at radius 3 is 2.66 bits per heavy atom. The van der Waals surface area contributed by atoms with Crippen LogP contribution in [0.1, 0.15) is 44.7 Å². The van der Waals surface area contributed by atoms with Gasteiger partial charge in [0, 0.05) is 31.9 Å². The van der Waals surface area contributed by atoms with Crippen LogP contribution in [-0.4, -0.2) is 63.4 Å². The van der Waals surface area contributed by atoms with Crippen LogP contribution < -0.4 is 15.5 Å². The molecule has 1 aliphatic heterocycles. The van der Waals surface area contributed by atoms with Gasteiger partial charge in [0.2, 0.25) is 0 Å². The van der Waals surface area contributed by atoms with Crippen molar-refractivity contribution in [2.24, 2.45) is 4.99 Å². The molecule has 1 unspecified atom stereocenters. The highest BCUT2D eigenvalue weighted by molar-refractivity contribution is 5.80. The van der Waals surface area contributed by atoms with Gasteiger partial charge in [0.25, 0.3) is 0 Å². The number of nitrogens with one attached hydrogen (secondary N) is 2. The number of hydrogen-bond donors (Lipinski definition) is 2. The normalized spacial score (nSPS) is 16.4. The molecule has 1 aromatic carbocycles. The molecule has 1 heterocycles. The summed E-state index contributed by atoms with van der Waals surface area (Å²) in [4.78, 5) is 8.21. The topological polar surface area (TPSA) is 42.9 Å². The number of aliphatic imine (C=N–C) groups is 1. The van der Waals surface area contributed by atoms with Crippen LogP contribution in [0.3, 0.4) is 0 Å². The zero-order valence-corrected chi connectivity index (χ0v) is 17.7. The average Bonchev–Trinajstić information content (AvgIpc) is 3.19. The standard InChI is InChI=1S/C21H34F3N5/c1-4-25-20(26-11-8-12-28(3)16-21(22,23)24)27-17(2)18-9-7-10-19(15-18)29-13-5-6-14-29/h7,9-10,15,17H,4-6,8,11-14,16H2,1-3H3,(H2,25,26,27). The summed E-state index contributed by atoms with van der Waals surface area (Å²) >= 11 is 0. The first kappa shape index (κ1) is 23.3. The Bertz CT molecular complexity index is 641. The third kappa shape index (κ3) is 8.51. The number of rotatable bonds is 9. The zero-order chi connectivity index (χ0) is 21.3. The van der Waals surface area contributed by atoms with Crippen LogP contribution in [-0.2, 0) is 0 Å². The molecule has 164 valence electrons. The highest BCUT2D eigenvalue weighted by Crippen LogP contribution is 2.24. The number of halogens is 3. The number of hydrogen-bond acceptors (Lipinski definition) is 3. The van der Waals surface area contributed by atoms with E-state index in [2.05, 4.69) is 51.7 Å². The lowest BCUT2D eigenvalue weighted by molar-refractivity contribution is -0.143. The summed E-state index contributed by atoms with van der Waals surface area (Å²) in [6, 6.07) is 8.63. The third-order valence-electron chi connectivity index (χ3n) is 4.96. The monoisotopic (exact) mass is 413 g/mol. The minimum Gasteiger partial charge on any atom is -0.372 e. The zero-order valence-electron chi connectivity index (χ0n) is 17.7. The molecule has 2 rings (SSSR count). The van der Waals surface area contributed by atoms with Crippen molar-refractivity contribution in [1.82, 2.24) is 15.5 Å². The molecule has 0 radical (unpaired) electrons. The fourth-order valence-electron chi connectivity index (χ4n) is 3.49. The summed E-state index contributed by atoms with van der Waals surface area (Å²) in [7, 11) is 1.48. The van der Waals surface area contributed by atoms with Gasteiger partial charge < -0.3 is 15.5 Å². The molecule has 1 aromatic rings. The van der Waals surface area contributed by atoms with Gasteiger partial charge >= 0.3 is 6.18 Å². The summed E-state index contributed by atoms with van der Waals surface area (Å²) in [6.07, 6.45) is -1.10. The Labute approximate surface area is 172 Å². The lowest BCUT2D eigenvalue weighted by atomic mass is 10.1. The second-order valence-electron chi connectivity index (χ2n) is 7.62. The van der Waals surface area contributed by atoms with Crippen molar-refractivity contribution >= 4 is 11.6 Å². The van der Waals surface area contributed by atoms with Gasteiger partial charge in [0.1, 0.15) is 0 Å². The van der Waals surface area contributed by atoms with Crippen molar-refractivity contribution in [3.8, 4) is 0 Å². The van der Waals surface area contributed by atoms with Gasteiger partial charge in [-0.3, -0.25) is 9.89 Å². The lowest BCUT2D eigenvalue weighted by Crippen LogP contribution is -2.39. The maximum atomic E-state index is 12.4. The molecule has 0 aliphatic carbocycles. The molecule has 1 fully saturated rings. The van der Waals surface area contributed by atoms with Gasteiger partial charge in [0.05, 0.1) is 12.6 Å². The third-order valence-corrected chi connectivity index (χ3v) is 4.96. The quantitative estimate of drug-likeness (QED) is 0.367. The first-order valence-corrected chi connectivity index (χ1v) is 10.4. The van der Waals surface area contributed by atoms with E-state index in [9.17, 15) is 13.2 Å². The summed E-state index contributed by atoms with van der Waals surface area (Å²) < 4.78 is 37.2. The van der Waals surface area contributed by atoms with Gasteiger partial charge in [-0.1, -0.05) is 12.1 Å². The van der Waals surface area contributed by atoms with Gasteiger partial charge in [-0.15, -0.1) is 0 Å². The van der Waals surface area contributed by atoms with E-state index in [4.69, 9.17) is 0 Å². The minimum atomic E-state index is -4.16. The number of guanidine groups is 1. The van der Waals surface area contributed by atoms with E-state index in [1.54, 1.807) is 0 Å². The van der Waals surface area contributed by atoms with Crippen LogP contribution >= 0.6 is 0 Å². The van der Waals surface area contributed by atoms with E-state index in [0.29, 0.717) is 25.5 Å². The Morgan fingerprint density at radius 2 is 2.00 bits per heavy atom. The van der Waals surface area contributed by atoms with Crippen LogP contribution in [0.2, 0.25) is 0 Å². The van der Waals surface area contributed by atoms with E-state index in [-0.39, 0.29) is 6.04 Å². The smallest absolute Gasteiger partial charge is 0.372 e. The molecule has 29 heavy (non-hydrogen) atoms. The van der Waals surface area contributed by atoms with Crippen LogP contribution in [0.5, 0.6) is 0 Å². The molecular formula is C21H34F3N5. The van der Waals surface area contributed by atoms with Crippen molar-refractivity contribution in [3.63, 3.8) is 0 Å². The van der Waals surface area contributed by atoms with E-state index in [1.165, 1.54) is 36.0 Å². The van der Waals surface area contributed by atoms with Gasteiger partial charge in [-0.05, 0) is 64.4 Å². The lowest BCUT2D eigenvalue weighted by Gasteiger charge is -2.22. The highest BCUT2D eigenvalue weighted by Gasteiger charge is 2.28. The van der Waals surface area contributed by atoms with Crippen LogP contribution in [0.25, 0.3) is 0 Å². The summed E-state index contributed by atoms with van der Waals surface area (Å²) in [5, 5.41) is 6.62. The van der Waals surface area contributed by atoms with Gasteiger partial charge in [0.15, 0.2) is 5.96 Å². The average molecular weight is 414 g/mol. The second-order valence-corrected chi connectivity index (χ2v) is 7.62. The molecule has 8 heteroatoms. The summed E-state index contributed by atoms with van der Waals surface area (Å²) in [6.45, 7) is 6.96. The van der Waals surface area contributed by atoms with Crippen molar-refractivity contribution in [2.45, 2.75) is 45.3 Å². The SMILES string of the molecule is CCNC(=NCCCN(C)CC(F)(F)F)NC(C)c1cccc(N2CCCC2)c1. The Morgan fingerprint density at radius 1 is 1.28 bits per heavy atom. The molecule has 1 aliphatic rings. The van der Waals surface area contributed by atoms with Gasteiger partial charge in [-0.2, -0.15) is 13.2 Å². The second kappa shape index (κ2) is 11.3. The summed E-state index contributed by atoms with van der Waals surface area (Å²) in [5.74, 6) is 0.685. The molecule has 5 nitrogen and oxygen atoms in total. The van der Waals surface area contributed by atoms with Crippen molar-refractivity contribution in [3.05, 3.63) is 29.8 Å². The van der Waals surface area contributed by atoms with Crippen LogP contribution in [0.15, 0.2) is 29.3 Å². The molecule has 0 spiro atoms. The largest absolute Gasteiger partial charge is 0.401 e. The van der Waals surface area contributed by atoms with Crippen molar-refractivity contribution < 1.29 is 13.2 Å². The molecular weight excluding hydrogens is 379 g/mol. The van der Waals surface area contributed by atoms with Crippen molar-refractivity contribution in [2.75, 3.05) is 51.2 Å². The Kier molecular flexibility index (Phi) is 9.07. The van der Waals surface area contributed by atoms with Crippen LogP contribution in [0, 0.1) is 0 Å². The maximum absolute atomic E-state index is 12.4. The Balaban J connectivity index is 1.88. The van der Waals surface area contributed by atoms with Crippen molar-refractivity contribution in [1.29, 1.82) is 0 Å². The van der Waals surface area contributed by atoms with Gasteiger partial charge in [-0.25, -0.2) is 0 Å². The van der Waals surface area contributed by atoms with E-state index >= 15 is 0 Å². The van der Waals surface area contributed by atoms with Crippen LogP contribution in [0.4, 0.5) is 18.9 Å². The number of anilines is 1.